The van der Waals surface area contributed by atoms with Crippen LogP contribution in [0.25, 0.3) is 0 Å². The van der Waals surface area contributed by atoms with Crippen molar-refractivity contribution in [3.63, 3.8) is 0 Å². The number of nitrogens with zero attached hydrogens (tertiary/aromatic N) is 3. The van der Waals surface area contributed by atoms with Gasteiger partial charge in [0.25, 0.3) is 0 Å². The molecule has 2 rings (SSSR count). The molecule has 7 nitrogen and oxygen atoms in total. The number of halogens is 3. The maximum absolute atomic E-state index is 12.8. The maximum Gasteiger partial charge on any atom is 0.471 e. The summed E-state index contributed by atoms with van der Waals surface area (Å²) in [5, 5.41) is 3.21. The van der Waals surface area contributed by atoms with Crippen LogP contribution in [0.2, 0.25) is 0 Å². The van der Waals surface area contributed by atoms with Gasteiger partial charge >= 0.3 is 12.1 Å². The van der Waals surface area contributed by atoms with E-state index in [2.05, 4.69) is 39.9 Å². The molecular weight excluding hydrogens is 437 g/mol. The third-order valence-corrected chi connectivity index (χ3v) is 5.21. The lowest BCUT2D eigenvalue weighted by atomic mass is 9.97. The van der Waals surface area contributed by atoms with Crippen LogP contribution in [-0.2, 0) is 14.4 Å². The number of hydrogen-bond acceptors (Lipinski definition) is 4. The maximum atomic E-state index is 12.8. The van der Waals surface area contributed by atoms with Crippen molar-refractivity contribution in [3.8, 4) is 0 Å². The van der Waals surface area contributed by atoms with E-state index in [0.717, 1.165) is 36.7 Å². The second-order valence-corrected chi connectivity index (χ2v) is 9.07. The molecule has 1 N–H and O–H groups in total. The van der Waals surface area contributed by atoms with E-state index >= 15 is 0 Å². The standard InChI is InChI=1S/C15H23F3N4O3.2C4H10/c1-2-22(14(25)15(16,17)18)12-8-20(13(24)9-21(12)10-23)7-11-3-5-19-6-4-11;1-4(2)3;1-3-4-2/h10-12,19H,2-9H2,1H3;4H,1-3H3;3-4H2,1-2H3. The van der Waals surface area contributed by atoms with Crippen molar-refractivity contribution in [1.82, 2.24) is 20.0 Å². The Kier molecular flexibility index (Phi) is 15.0. The summed E-state index contributed by atoms with van der Waals surface area (Å²) in [4.78, 5) is 38.2. The number of rotatable bonds is 6. The van der Waals surface area contributed by atoms with Gasteiger partial charge in [-0.2, -0.15) is 13.2 Å². The summed E-state index contributed by atoms with van der Waals surface area (Å²) in [7, 11) is 0. The highest BCUT2D eigenvalue weighted by Crippen LogP contribution is 2.24. The lowest BCUT2D eigenvalue weighted by Crippen LogP contribution is -2.64. The number of carbonyl (C=O) groups excluding carboxylic acids is 3. The van der Waals surface area contributed by atoms with Crippen molar-refractivity contribution in [2.75, 3.05) is 39.3 Å². The molecule has 2 heterocycles. The molecule has 1 unspecified atom stereocenters. The molecule has 2 aliphatic heterocycles. The molecule has 0 aromatic carbocycles. The zero-order chi connectivity index (χ0) is 25.6. The Labute approximate surface area is 197 Å². The minimum atomic E-state index is -5.02. The summed E-state index contributed by atoms with van der Waals surface area (Å²) in [5.74, 6) is -1.21. The molecule has 0 saturated carbocycles. The van der Waals surface area contributed by atoms with Gasteiger partial charge in [-0.3, -0.25) is 14.4 Å². The second kappa shape index (κ2) is 15.9. The number of nitrogens with one attached hydrogen (secondary N) is 1. The first kappa shape index (κ1) is 31.2. The molecule has 0 radical (unpaired) electrons. The van der Waals surface area contributed by atoms with Crippen molar-refractivity contribution in [2.24, 2.45) is 11.8 Å². The van der Waals surface area contributed by atoms with Crippen LogP contribution < -0.4 is 5.32 Å². The van der Waals surface area contributed by atoms with Crippen LogP contribution in [-0.4, -0.2) is 84.5 Å². The van der Waals surface area contributed by atoms with E-state index in [0.29, 0.717) is 17.9 Å². The highest BCUT2D eigenvalue weighted by molar-refractivity contribution is 5.84. The van der Waals surface area contributed by atoms with Crippen LogP contribution in [0, 0.1) is 11.8 Å². The SMILES string of the molecule is CC(C)C.CCCC.CCN(C(=O)C(F)(F)F)C1CN(CC2CCNCC2)C(=O)CN1C=O. The first-order valence-corrected chi connectivity index (χ1v) is 12.0. The van der Waals surface area contributed by atoms with Gasteiger partial charge in [0.15, 0.2) is 0 Å². The molecule has 194 valence electrons. The van der Waals surface area contributed by atoms with Crippen LogP contribution in [0.15, 0.2) is 0 Å². The summed E-state index contributed by atoms with van der Waals surface area (Å²) in [6.45, 7) is 13.8. The zero-order valence-electron chi connectivity index (χ0n) is 21.1. The third-order valence-electron chi connectivity index (χ3n) is 5.21. The zero-order valence-corrected chi connectivity index (χ0v) is 21.1. The Morgan fingerprint density at radius 1 is 1.15 bits per heavy atom. The fraction of sp³-hybridized carbons (Fsp3) is 0.870. The Hall–Kier alpha value is -1.84. The van der Waals surface area contributed by atoms with E-state index < -0.39 is 18.2 Å². The van der Waals surface area contributed by atoms with Crippen LogP contribution in [0.4, 0.5) is 13.2 Å². The van der Waals surface area contributed by atoms with Gasteiger partial charge in [-0.1, -0.05) is 47.5 Å². The fourth-order valence-corrected chi connectivity index (χ4v) is 3.36. The average Bonchev–Trinajstić information content (AvgIpc) is 2.76. The molecule has 33 heavy (non-hydrogen) atoms. The van der Waals surface area contributed by atoms with Gasteiger partial charge in [-0.25, -0.2) is 0 Å². The van der Waals surface area contributed by atoms with Crippen LogP contribution in [0.3, 0.4) is 0 Å². The van der Waals surface area contributed by atoms with Crippen molar-refractivity contribution in [3.05, 3.63) is 0 Å². The molecule has 0 aromatic heterocycles. The van der Waals surface area contributed by atoms with Gasteiger partial charge in [0.05, 0.1) is 6.54 Å². The molecule has 0 spiro atoms. The van der Waals surface area contributed by atoms with Crippen LogP contribution in [0.5, 0.6) is 0 Å². The van der Waals surface area contributed by atoms with E-state index in [9.17, 15) is 27.6 Å². The number of likely N-dealkylation sites (N-methyl/N-ethyl adjacent to an activating group) is 1. The lowest BCUT2D eigenvalue weighted by molar-refractivity contribution is -0.193. The average molecular weight is 481 g/mol. The molecule has 2 fully saturated rings. The predicted octanol–water partition coefficient (Wildman–Crippen LogP) is 3.49. The monoisotopic (exact) mass is 480 g/mol. The highest BCUT2D eigenvalue weighted by Gasteiger charge is 2.47. The molecule has 10 heteroatoms. The predicted molar refractivity (Wildman–Crippen MR) is 123 cm³/mol. The third kappa shape index (κ3) is 11.7. The Balaban J connectivity index is 0.00000111. The number of hydrogen-bond donors (Lipinski definition) is 1. The van der Waals surface area contributed by atoms with Crippen molar-refractivity contribution < 1.29 is 27.6 Å². The largest absolute Gasteiger partial charge is 0.471 e. The lowest BCUT2D eigenvalue weighted by Gasteiger charge is -2.45. The Morgan fingerprint density at radius 3 is 2.06 bits per heavy atom. The molecule has 2 aliphatic rings. The van der Waals surface area contributed by atoms with Crippen molar-refractivity contribution in [2.45, 2.75) is 79.6 Å². The van der Waals surface area contributed by atoms with Crippen molar-refractivity contribution >= 4 is 18.2 Å². The number of unbranched alkanes of at least 4 members (excludes halogenated alkanes) is 1. The van der Waals surface area contributed by atoms with Gasteiger partial charge in [0, 0.05) is 13.1 Å². The molecule has 0 aromatic rings. The number of piperazine rings is 1. The molecule has 2 saturated heterocycles. The second-order valence-electron chi connectivity index (χ2n) is 9.07. The summed E-state index contributed by atoms with van der Waals surface area (Å²) >= 11 is 0. The Morgan fingerprint density at radius 2 is 1.67 bits per heavy atom. The van der Waals surface area contributed by atoms with E-state index in [1.165, 1.54) is 24.7 Å². The van der Waals surface area contributed by atoms with Gasteiger partial charge in [0.1, 0.15) is 12.7 Å². The van der Waals surface area contributed by atoms with Crippen molar-refractivity contribution in [1.29, 1.82) is 0 Å². The highest BCUT2D eigenvalue weighted by atomic mass is 19.4. The van der Waals surface area contributed by atoms with Crippen LogP contribution >= 0.6 is 0 Å². The molecule has 3 amide bonds. The van der Waals surface area contributed by atoms with Gasteiger partial charge < -0.3 is 20.0 Å². The normalized spacial score (nSPS) is 19.3. The van der Waals surface area contributed by atoms with E-state index in [1.54, 1.807) is 0 Å². The first-order chi connectivity index (χ1) is 15.4. The van der Waals surface area contributed by atoms with Gasteiger partial charge in [-0.05, 0) is 44.7 Å². The van der Waals surface area contributed by atoms with Gasteiger partial charge in [-0.15, -0.1) is 0 Å². The summed E-state index contributed by atoms with van der Waals surface area (Å²) in [5.41, 5.74) is 0. The summed E-state index contributed by atoms with van der Waals surface area (Å²) < 4.78 is 38.5. The van der Waals surface area contributed by atoms with Crippen LogP contribution in [0.1, 0.15) is 67.2 Å². The van der Waals surface area contributed by atoms with E-state index in [-0.39, 0.29) is 31.5 Å². The molecular formula is C23H43F3N4O3. The van der Waals surface area contributed by atoms with E-state index in [4.69, 9.17) is 0 Å². The molecule has 0 bridgehead atoms. The topological polar surface area (TPSA) is 73.0 Å². The summed E-state index contributed by atoms with van der Waals surface area (Å²) in [6, 6.07) is 0. The number of carbonyl (C=O) groups is 3. The van der Waals surface area contributed by atoms with Gasteiger partial charge in [0.2, 0.25) is 12.3 Å². The minimum Gasteiger partial charge on any atom is -0.337 e. The smallest absolute Gasteiger partial charge is 0.337 e. The number of alkyl halides is 3. The number of piperidine rings is 1. The van der Waals surface area contributed by atoms with E-state index in [1.807, 2.05) is 0 Å². The summed E-state index contributed by atoms with van der Waals surface area (Å²) in [6.07, 6.45) is -1.39. The minimum absolute atomic E-state index is 0.100. The first-order valence-electron chi connectivity index (χ1n) is 12.0. The Bertz CT molecular complexity index is 577. The molecule has 0 aliphatic carbocycles. The fourth-order valence-electron chi connectivity index (χ4n) is 3.36. The quantitative estimate of drug-likeness (QED) is 0.591. The number of amides is 3. The molecule has 1 atom stereocenters.